The van der Waals surface area contributed by atoms with Crippen molar-refractivity contribution in [3.8, 4) is 11.1 Å². The molecule has 0 saturated carbocycles. The van der Waals surface area contributed by atoms with Gasteiger partial charge in [-0.05, 0) is 68.9 Å². The molecule has 0 heterocycles. The molecule has 0 saturated heterocycles. The number of halogens is 1. The molecular formula is C24H23INP. The van der Waals surface area contributed by atoms with Crippen molar-refractivity contribution in [2.75, 3.05) is 5.73 Å². The van der Waals surface area contributed by atoms with Crippen LogP contribution < -0.4 is 5.73 Å². The third-order valence-corrected chi connectivity index (χ3v) is 4.70. The highest BCUT2D eigenvalue weighted by molar-refractivity contribution is 14.1. The fraction of sp³-hybridized carbons (Fsp3) is 0. The fourth-order valence-electron chi connectivity index (χ4n) is 2.29. The molecule has 136 valence electrons. The Morgan fingerprint density at radius 3 is 2.22 bits per heavy atom. The van der Waals surface area contributed by atoms with Gasteiger partial charge in [0.15, 0.2) is 0 Å². The maximum atomic E-state index is 5.63. The van der Waals surface area contributed by atoms with Crippen LogP contribution in [-0.4, -0.2) is 0 Å². The van der Waals surface area contributed by atoms with Gasteiger partial charge in [0.1, 0.15) is 0 Å². The molecule has 0 spiro atoms. The van der Waals surface area contributed by atoms with Crippen molar-refractivity contribution in [1.29, 1.82) is 0 Å². The smallest absolute Gasteiger partial charge is 0.0314 e. The lowest BCUT2D eigenvalue weighted by molar-refractivity contribution is 1.59. The average Bonchev–Trinajstić information content (AvgIpc) is 2.69. The molecule has 3 aromatic rings. The van der Waals surface area contributed by atoms with Gasteiger partial charge in [-0.1, -0.05) is 85.5 Å². The number of nitrogens with two attached hydrogens (primary N) is 1. The van der Waals surface area contributed by atoms with Crippen molar-refractivity contribution >= 4 is 43.6 Å². The first kappa shape index (κ1) is 21.1. The van der Waals surface area contributed by atoms with Gasteiger partial charge in [0.2, 0.25) is 0 Å². The summed E-state index contributed by atoms with van der Waals surface area (Å²) in [5, 5.41) is 1.12. The Balaban J connectivity index is 0.000000194. The topological polar surface area (TPSA) is 26.0 Å². The van der Waals surface area contributed by atoms with Crippen molar-refractivity contribution in [1.82, 2.24) is 0 Å². The van der Waals surface area contributed by atoms with Crippen LogP contribution in [0.25, 0.3) is 17.2 Å². The number of hydrogen-bond donors (Lipinski definition) is 1. The van der Waals surface area contributed by atoms with E-state index in [1.807, 2.05) is 54.6 Å². The minimum absolute atomic E-state index is 0.805. The largest absolute Gasteiger partial charge is 0.399 e. The zero-order valence-electron chi connectivity index (χ0n) is 15.1. The number of anilines is 1. The van der Waals surface area contributed by atoms with Crippen LogP contribution in [0.4, 0.5) is 5.69 Å². The van der Waals surface area contributed by atoms with E-state index in [9.17, 15) is 0 Å². The van der Waals surface area contributed by atoms with Crippen LogP contribution in [0.5, 0.6) is 0 Å². The summed E-state index contributed by atoms with van der Waals surface area (Å²) in [7, 11) is 2.65. The molecule has 0 aliphatic rings. The lowest BCUT2D eigenvalue weighted by Gasteiger charge is -2.02. The maximum absolute atomic E-state index is 5.63. The van der Waals surface area contributed by atoms with E-state index in [2.05, 4.69) is 80.9 Å². The normalized spacial score (nSPS) is 11.0. The molecule has 2 N–H and O–H groups in total. The summed E-state index contributed by atoms with van der Waals surface area (Å²) in [6.07, 6.45) is 7.84. The molecule has 1 nitrogen and oxygen atoms in total. The number of rotatable bonds is 4. The van der Waals surface area contributed by atoms with Crippen LogP contribution in [0, 0.1) is 3.57 Å². The van der Waals surface area contributed by atoms with Gasteiger partial charge in [-0.15, -0.1) is 9.24 Å². The second-order valence-corrected chi connectivity index (χ2v) is 7.69. The lowest BCUT2D eigenvalue weighted by atomic mass is 10.1. The Morgan fingerprint density at radius 2 is 1.59 bits per heavy atom. The van der Waals surface area contributed by atoms with Crippen LogP contribution >= 0.6 is 31.8 Å². The van der Waals surface area contributed by atoms with Crippen molar-refractivity contribution < 1.29 is 0 Å². The monoisotopic (exact) mass is 483 g/mol. The molecule has 1 unspecified atom stereocenters. The molecule has 0 aliphatic heterocycles. The molecule has 27 heavy (non-hydrogen) atoms. The minimum Gasteiger partial charge on any atom is -0.399 e. The van der Waals surface area contributed by atoms with Gasteiger partial charge in [-0.25, -0.2) is 0 Å². The first-order valence-electron chi connectivity index (χ1n) is 8.51. The summed E-state index contributed by atoms with van der Waals surface area (Å²) in [5.74, 6) is 0. The first-order valence-corrected chi connectivity index (χ1v) is 10.2. The zero-order valence-corrected chi connectivity index (χ0v) is 18.4. The van der Waals surface area contributed by atoms with E-state index >= 15 is 0 Å². The van der Waals surface area contributed by atoms with Crippen molar-refractivity contribution in [3.05, 3.63) is 118 Å². The molecule has 0 aromatic heterocycles. The predicted molar refractivity (Wildman–Crippen MR) is 132 cm³/mol. The summed E-state index contributed by atoms with van der Waals surface area (Å²) in [5.41, 5.74) is 10.1. The predicted octanol–water partition coefficient (Wildman–Crippen LogP) is 7.19. The summed E-state index contributed by atoms with van der Waals surface area (Å²) in [6.45, 7) is 3.63. The molecule has 0 aliphatic carbocycles. The van der Waals surface area contributed by atoms with E-state index in [1.165, 1.54) is 20.3 Å². The number of allylic oxidation sites excluding steroid dienone is 4. The third-order valence-electron chi connectivity index (χ3n) is 3.65. The van der Waals surface area contributed by atoms with Gasteiger partial charge in [0.05, 0.1) is 0 Å². The Morgan fingerprint density at radius 1 is 0.889 bits per heavy atom. The van der Waals surface area contributed by atoms with Gasteiger partial charge in [0, 0.05) is 9.26 Å². The Labute approximate surface area is 178 Å². The molecule has 0 bridgehead atoms. The van der Waals surface area contributed by atoms with Crippen molar-refractivity contribution in [3.63, 3.8) is 0 Å². The van der Waals surface area contributed by atoms with Crippen LogP contribution in [0.2, 0.25) is 0 Å². The molecule has 0 amide bonds. The van der Waals surface area contributed by atoms with Gasteiger partial charge in [0.25, 0.3) is 0 Å². The highest BCUT2D eigenvalue weighted by Gasteiger charge is 1.97. The van der Waals surface area contributed by atoms with Crippen molar-refractivity contribution in [2.45, 2.75) is 0 Å². The van der Waals surface area contributed by atoms with Gasteiger partial charge < -0.3 is 5.73 Å². The summed E-state index contributed by atoms with van der Waals surface area (Å²) >= 11 is 2.31. The van der Waals surface area contributed by atoms with Crippen LogP contribution in [0.15, 0.2) is 109 Å². The maximum Gasteiger partial charge on any atom is 0.0314 e. The van der Waals surface area contributed by atoms with Gasteiger partial charge >= 0.3 is 0 Å². The fourth-order valence-corrected chi connectivity index (χ4v) is 3.07. The van der Waals surface area contributed by atoms with E-state index in [4.69, 9.17) is 5.73 Å². The Kier molecular flexibility index (Phi) is 9.03. The minimum atomic E-state index is 0.805. The number of hydrogen-bond acceptors (Lipinski definition) is 1. The molecule has 3 aromatic carbocycles. The lowest BCUT2D eigenvalue weighted by Crippen LogP contribution is -1.84. The van der Waals surface area contributed by atoms with E-state index in [0.29, 0.717) is 0 Å². The number of benzene rings is 3. The van der Waals surface area contributed by atoms with Gasteiger partial charge in [-0.2, -0.15) is 0 Å². The van der Waals surface area contributed by atoms with Crippen LogP contribution in [0.3, 0.4) is 0 Å². The number of nitrogen functional groups attached to an aromatic ring is 1. The SMILES string of the molecule is C=C/C=C(P)\C=C/c1ccccc1.Nc1ccc(-c2cccc(I)c2)cc1. The van der Waals surface area contributed by atoms with Gasteiger partial charge in [-0.3, -0.25) is 0 Å². The zero-order chi connectivity index (χ0) is 19.5. The molecule has 3 heteroatoms. The standard InChI is InChI=1S/C12H10IN.C12H13P/c13-11-3-1-2-10(8-11)9-4-6-12(14)7-5-9;1-2-6-12(13)10-9-11-7-4-3-5-8-11/h1-8H,14H2;2-10H,1,13H2/b;10-9-,12-6+. The van der Waals surface area contributed by atoms with E-state index < -0.39 is 0 Å². The molecular weight excluding hydrogens is 460 g/mol. The highest BCUT2D eigenvalue weighted by atomic mass is 127. The summed E-state index contributed by atoms with van der Waals surface area (Å²) in [4.78, 5) is 0. The molecule has 1 atom stereocenters. The Bertz CT molecular complexity index is 913. The second kappa shape index (κ2) is 11.5. The first-order chi connectivity index (χ1) is 13.1. The summed E-state index contributed by atoms with van der Waals surface area (Å²) < 4.78 is 1.25. The quantitative estimate of drug-likeness (QED) is 0.181. The molecule has 0 fully saturated rings. The second-order valence-electron chi connectivity index (χ2n) is 5.78. The van der Waals surface area contributed by atoms with E-state index in [1.54, 1.807) is 6.08 Å². The average molecular weight is 483 g/mol. The third kappa shape index (κ3) is 7.94. The highest BCUT2D eigenvalue weighted by Crippen LogP contribution is 2.22. The van der Waals surface area contributed by atoms with Crippen LogP contribution in [0.1, 0.15) is 5.56 Å². The van der Waals surface area contributed by atoms with E-state index in [0.717, 1.165) is 11.0 Å². The molecule has 3 rings (SSSR count). The Hall–Kier alpha value is -2.16. The van der Waals surface area contributed by atoms with Crippen LogP contribution in [-0.2, 0) is 0 Å². The van der Waals surface area contributed by atoms with E-state index in [-0.39, 0.29) is 0 Å². The van der Waals surface area contributed by atoms with Crippen molar-refractivity contribution in [2.24, 2.45) is 0 Å². The summed E-state index contributed by atoms with van der Waals surface area (Å²) in [6, 6.07) is 26.6. The molecule has 0 radical (unpaired) electrons.